The molecule has 1 fully saturated rings. The highest BCUT2D eigenvalue weighted by Gasteiger charge is 2.18. The van der Waals surface area contributed by atoms with Gasteiger partial charge in [0.1, 0.15) is 5.00 Å². The molecule has 0 radical (unpaired) electrons. The number of nitrogens with two attached hydrogens (primary N) is 1. The lowest BCUT2D eigenvalue weighted by Gasteiger charge is -2.28. The molecule has 4 nitrogen and oxygen atoms in total. The van der Waals surface area contributed by atoms with Crippen LogP contribution in [0.4, 0.5) is 10.1 Å². The number of nitrogen functional groups attached to an aromatic ring is 1. The molecule has 1 aliphatic rings. The van der Waals surface area contributed by atoms with Crippen molar-refractivity contribution in [1.82, 2.24) is 4.98 Å². The Kier molecular flexibility index (Phi) is 2.37. The monoisotopic (exact) mass is 199 g/mol. The molecule has 0 amide bonds. The predicted octanol–water partition coefficient (Wildman–Crippen LogP) is 0.686. The van der Waals surface area contributed by atoms with Crippen molar-refractivity contribution >= 4 is 21.5 Å². The van der Waals surface area contributed by atoms with E-state index in [0.717, 1.165) is 36.1 Å². The minimum Gasteiger partial charge on any atom is -0.393 e. The Bertz CT molecular complexity index is 281. The average molecular weight is 199 g/mol. The van der Waals surface area contributed by atoms with Crippen molar-refractivity contribution < 1.29 is 5.11 Å². The molecular formula is C8H13N3OS. The van der Waals surface area contributed by atoms with Crippen LogP contribution in [0.25, 0.3) is 0 Å². The third-order valence-electron chi connectivity index (χ3n) is 2.25. The lowest BCUT2D eigenvalue weighted by atomic mass is 10.1. The molecule has 13 heavy (non-hydrogen) atoms. The molecule has 0 spiro atoms. The molecule has 2 rings (SSSR count). The second-order valence-corrected chi connectivity index (χ2v) is 4.30. The highest BCUT2D eigenvalue weighted by molar-refractivity contribution is 7.19. The van der Waals surface area contributed by atoms with Crippen molar-refractivity contribution in [3.8, 4) is 0 Å². The Morgan fingerprint density at radius 3 is 2.77 bits per heavy atom. The summed E-state index contributed by atoms with van der Waals surface area (Å²) in [7, 11) is 0. The van der Waals surface area contributed by atoms with E-state index in [-0.39, 0.29) is 6.10 Å². The molecule has 1 aromatic heterocycles. The fraction of sp³-hybridized carbons (Fsp3) is 0.625. The summed E-state index contributed by atoms with van der Waals surface area (Å²) >= 11 is 1.51. The Morgan fingerprint density at radius 2 is 2.23 bits per heavy atom. The van der Waals surface area contributed by atoms with Crippen LogP contribution >= 0.6 is 11.3 Å². The van der Waals surface area contributed by atoms with Crippen molar-refractivity contribution in [2.24, 2.45) is 0 Å². The minimum absolute atomic E-state index is 0.131. The Morgan fingerprint density at radius 1 is 1.54 bits per heavy atom. The van der Waals surface area contributed by atoms with Gasteiger partial charge in [-0.05, 0) is 12.8 Å². The first-order chi connectivity index (χ1) is 6.25. The van der Waals surface area contributed by atoms with Crippen molar-refractivity contribution in [3.05, 3.63) is 6.20 Å². The topological polar surface area (TPSA) is 62.4 Å². The molecular weight excluding hydrogens is 186 g/mol. The van der Waals surface area contributed by atoms with E-state index in [0.29, 0.717) is 0 Å². The second-order valence-electron chi connectivity index (χ2n) is 3.26. The molecule has 0 aliphatic carbocycles. The van der Waals surface area contributed by atoms with Crippen molar-refractivity contribution in [1.29, 1.82) is 0 Å². The van der Waals surface area contributed by atoms with E-state index in [1.807, 2.05) is 0 Å². The van der Waals surface area contributed by atoms with E-state index in [1.54, 1.807) is 6.20 Å². The summed E-state index contributed by atoms with van der Waals surface area (Å²) < 4.78 is 0. The first-order valence-electron chi connectivity index (χ1n) is 4.40. The van der Waals surface area contributed by atoms with Gasteiger partial charge in [-0.2, -0.15) is 0 Å². The summed E-state index contributed by atoms with van der Waals surface area (Å²) in [6, 6.07) is 0. The second kappa shape index (κ2) is 3.51. The summed E-state index contributed by atoms with van der Waals surface area (Å²) in [4.78, 5) is 6.38. The molecule has 0 atom stereocenters. The van der Waals surface area contributed by atoms with E-state index >= 15 is 0 Å². The molecule has 72 valence electrons. The molecule has 0 unspecified atom stereocenters. The largest absolute Gasteiger partial charge is 0.393 e. The van der Waals surface area contributed by atoms with E-state index in [2.05, 4.69) is 9.88 Å². The number of thiazole rings is 1. The highest BCUT2D eigenvalue weighted by atomic mass is 32.1. The fourth-order valence-corrected chi connectivity index (χ4v) is 2.21. The van der Waals surface area contributed by atoms with Crippen LogP contribution in [0.15, 0.2) is 6.20 Å². The van der Waals surface area contributed by atoms with Crippen molar-refractivity contribution in [2.75, 3.05) is 23.7 Å². The zero-order valence-corrected chi connectivity index (χ0v) is 8.13. The number of piperidine rings is 1. The maximum atomic E-state index is 9.31. The highest BCUT2D eigenvalue weighted by Crippen LogP contribution is 2.26. The Hall–Kier alpha value is -0.810. The van der Waals surface area contributed by atoms with Gasteiger partial charge in [-0.15, -0.1) is 0 Å². The van der Waals surface area contributed by atoms with E-state index in [4.69, 9.17) is 5.73 Å². The number of aromatic nitrogens is 1. The zero-order chi connectivity index (χ0) is 9.26. The van der Waals surface area contributed by atoms with Gasteiger partial charge in [-0.3, -0.25) is 0 Å². The van der Waals surface area contributed by atoms with Gasteiger partial charge < -0.3 is 15.7 Å². The molecule has 2 heterocycles. The third-order valence-corrected chi connectivity index (χ3v) is 3.13. The molecule has 0 aromatic carbocycles. The zero-order valence-electron chi connectivity index (χ0n) is 7.31. The number of hydrogen-bond acceptors (Lipinski definition) is 5. The maximum absolute atomic E-state index is 9.31. The van der Waals surface area contributed by atoms with Crippen LogP contribution in [-0.4, -0.2) is 29.3 Å². The van der Waals surface area contributed by atoms with Gasteiger partial charge >= 0.3 is 0 Å². The molecule has 0 bridgehead atoms. The van der Waals surface area contributed by atoms with Gasteiger partial charge in [0.2, 0.25) is 0 Å². The molecule has 1 aliphatic heterocycles. The average Bonchev–Trinajstić information content (AvgIpc) is 2.53. The van der Waals surface area contributed by atoms with Crippen LogP contribution in [0.1, 0.15) is 12.8 Å². The van der Waals surface area contributed by atoms with Crippen LogP contribution in [-0.2, 0) is 0 Å². The first-order valence-corrected chi connectivity index (χ1v) is 5.21. The van der Waals surface area contributed by atoms with Gasteiger partial charge in [-0.25, -0.2) is 4.98 Å². The molecule has 1 aromatic rings. The van der Waals surface area contributed by atoms with Gasteiger partial charge in [0.25, 0.3) is 0 Å². The van der Waals surface area contributed by atoms with E-state index < -0.39 is 0 Å². The molecule has 0 saturated carbocycles. The Labute approximate surface area is 81.0 Å². The summed E-state index contributed by atoms with van der Waals surface area (Å²) in [5.41, 5.74) is 5.59. The van der Waals surface area contributed by atoms with Crippen LogP contribution in [0.3, 0.4) is 0 Å². The first kappa shape index (κ1) is 8.77. The molecule has 3 N–H and O–H groups in total. The van der Waals surface area contributed by atoms with Gasteiger partial charge in [0, 0.05) is 13.1 Å². The summed E-state index contributed by atoms with van der Waals surface area (Å²) in [6.07, 6.45) is 3.22. The normalized spacial score (nSPS) is 19.3. The maximum Gasteiger partial charge on any atom is 0.187 e. The molecule has 1 saturated heterocycles. The van der Waals surface area contributed by atoms with Crippen LogP contribution in [0, 0.1) is 0 Å². The SMILES string of the molecule is Nc1cnc(N2CCC(O)CC2)s1. The number of nitrogens with zero attached hydrogens (tertiary/aromatic N) is 2. The summed E-state index contributed by atoms with van der Waals surface area (Å²) in [6.45, 7) is 1.77. The lowest BCUT2D eigenvalue weighted by Crippen LogP contribution is -2.35. The van der Waals surface area contributed by atoms with Gasteiger partial charge in [-0.1, -0.05) is 11.3 Å². The molecule has 5 heteroatoms. The van der Waals surface area contributed by atoms with E-state index in [1.165, 1.54) is 11.3 Å². The summed E-state index contributed by atoms with van der Waals surface area (Å²) in [5, 5.41) is 11.0. The lowest BCUT2D eigenvalue weighted by molar-refractivity contribution is 0.145. The fourth-order valence-electron chi connectivity index (χ4n) is 1.48. The third kappa shape index (κ3) is 1.92. The van der Waals surface area contributed by atoms with Crippen LogP contribution in [0.2, 0.25) is 0 Å². The number of hydrogen-bond donors (Lipinski definition) is 2. The van der Waals surface area contributed by atoms with Gasteiger partial charge in [0.05, 0.1) is 12.3 Å². The van der Waals surface area contributed by atoms with Crippen molar-refractivity contribution in [3.63, 3.8) is 0 Å². The van der Waals surface area contributed by atoms with Crippen molar-refractivity contribution in [2.45, 2.75) is 18.9 Å². The predicted molar refractivity (Wildman–Crippen MR) is 54.0 cm³/mol. The smallest absolute Gasteiger partial charge is 0.187 e. The van der Waals surface area contributed by atoms with Crippen LogP contribution < -0.4 is 10.6 Å². The number of rotatable bonds is 1. The minimum atomic E-state index is -0.131. The summed E-state index contributed by atoms with van der Waals surface area (Å²) in [5.74, 6) is 0. The number of aliphatic hydroxyl groups is 1. The number of aliphatic hydroxyl groups excluding tert-OH is 1. The van der Waals surface area contributed by atoms with Gasteiger partial charge in [0.15, 0.2) is 5.13 Å². The standard InChI is InChI=1S/C8H13N3OS/c9-7-5-10-8(13-7)11-3-1-6(12)2-4-11/h5-6,12H,1-4,9H2. The number of anilines is 2. The van der Waals surface area contributed by atoms with Crippen LogP contribution in [0.5, 0.6) is 0 Å². The quantitative estimate of drug-likeness (QED) is 0.698. The van der Waals surface area contributed by atoms with E-state index in [9.17, 15) is 5.11 Å². The Balaban J connectivity index is 2.02.